The zero-order valence-electron chi connectivity index (χ0n) is 10.5. The van der Waals surface area contributed by atoms with Gasteiger partial charge in [0, 0.05) is 5.56 Å². The third-order valence-corrected chi connectivity index (χ3v) is 2.68. The van der Waals surface area contributed by atoms with Crippen LogP contribution in [-0.4, -0.2) is 16.6 Å². The first-order chi connectivity index (χ1) is 9.40. The molecule has 3 nitrogen and oxygen atoms in total. The quantitative estimate of drug-likeness (QED) is 0.862. The first kappa shape index (κ1) is 14.5. The van der Waals surface area contributed by atoms with E-state index in [0.717, 1.165) is 6.07 Å². The molecule has 0 aliphatic heterocycles. The Balaban J connectivity index is 2.50. The molecule has 2 rings (SSSR count). The summed E-state index contributed by atoms with van der Waals surface area (Å²) >= 11 is 4.74. The fourth-order valence-electron chi connectivity index (χ4n) is 1.67. The van der Waals surface area contributed by atoms with Gasteiger partial charge in [0.2, 0.25) is 0 Å². The molecule has 1 N–H and O–H groups in total. The van der Waals surface area contributed by atoms with Gasteiger partial charge in [-0.25, -0.2) is 4.98 Å². The number of hydrogen-bond acceptors (Lipinski definition) is 3. The van der Waals surface area contributed by atoms with Crippen molar-refractivity contribution in [1.29, 1.82) is 0 Å². The average Bonchev–Trinajstić information content (AvgIpc) is 2.38. The summed E-state index contributed by atoms with van der Waals surface area (Å²) in [7, 11) is 0. The van der Waals surface area contributed by atoms with Crippen LogP contribution in [0.4, 0.5) is 13.2 Å². The Morgan fingerprint density at radius 1 is 1.30 bits per heavy atom. The topological polar surface area (TPSA) is 37.9 Å². The highest BCUT2D eigenvalue weighted by Crippen LogP contribution is 2.30. The molecule has 0 radical (unpaired) electrons. The summed E-state index contributed by atoms with van der Waals surface area (Å²) < 4.78 is 43.3. The second-order valence-electron chi connectivity index (χ2n) is 3.94. The molecule has 1 heterocycles. The van der Waals surface area contributed by atoms with E-state index in [1.807, 2.05) is 11.9 Å². The summed E-state index contributed by atoms with van der Waals surface area (Å²) in [6.07, 6.45) is -4.50. The number of H-pyrrole nitrogens is 1. The molecule has 106 valence electrons. The summed E-state index contributed by atoms with van der Waals surface area (Å²) in [5.41, 5.74) is -0.251. The van der Waals surface area contributed by atoms with Gasteiger partial charge < -0.3 is 9.72 Å². The van der Waals surface area contributed by atoms with Gasteiger partial charge in [-0.05, 0) is 37.3 Å². The number of benzene rings is 1. The molecule has 0 aliphatic carbocycles. The third kappa shape index (κ3) is 3.36. The smallest absolute Gasteiger partial charge is 0.431 e. The van der Waals surface area contributed by atoms with E-state index in [2.05, 4.69) is 4.98 Å². The number of nitrogens with one attached hydrogen (secondary N) is 1. The number of ether oxygens (including phenoxy) is 1. The summed E-state index contributed by atoms with van der Waals surface area (Å²) in [6, 6.07) is 7.62. The van der Waals surface area contributed by atoms with Crippen molar-refractivity contribution in [2.75, 3.05) is 6.61 Å². The van der Waals surface area contributed by atoms with Gasteiger partial charge in [-0.1, -0.05) is 12.1 Å². The van der Waals surface area contributed by atoms with Crippen LogP contribution in [0.25, 0.3) is 11.3 Å². The van der Waals surface area contributed by atoms with E-state index in [1.54, 1.807) is 24.3 Å². The number of halogens is 3. The zero-order chi connectivity index (χ0) is 14.8. The Morgan fingerprint density at radius 2 is 2.05 bits per heavy atom. The lowest BCUT2D eigenvalue weighted by Gasteiger charge is -2.09. The molecule has 0 unspecified atom stereocenters. The van der Waals surface area contributed by atoms with E-state index in [9.17, 15) is 13.2 Å². The number of hydrogen-bond donors (Lipinski definition) is 1. The summed E-state index contributed by atoms with van der Waals surface area (Å²) in [4.78, 5) is 5.97. The molecule has 0 spiro atoms. The van der Waals surface area contributed by atoms with Gasteiger partial charge in [-0.2, -0.15) is 13.2 Å². The zero-order valence-corrected chi connectivity index (χ0v) is 11.3. The average molecular weight is 300 g/mol. The van der Waals surface area contributed by atoms with E-state index in [1.165, 1.54) is 0 Å². The molecule has 1 aromatic carbocycles. The number of aromatic amines is 1. The Bertz CT molecular complexity index is 667. The van der Waals surface area contributed by atoms with E-state index < -0.39 is 11.9 Å². The van der Waals surface area contributed by atoms with Gasteiger partial charge in [0.25, 0.3) is 0 Å². The lowest BCUT2D eigenvalue weighted by atomic mass is 10.1. The standard InChI is InChI=1S/C13H11F3N2OS/c1-2-19-9-5-3-4-8(6-9)10-7-11(13(14,15)16)18-12(20)17-10/h3-7H,2H2,1H3,(H,17,18,20). The molecule has 0 amide bonds. The van der Waals surface area contributed by atoms with E-state index in [0.29, 0.717) is 17.9 Å². The molecule has 0 bridgehead atoms. The van der Waals surface area contributed by atoms with Crippen LogP contribution in [0.1, 0.15) is 12.6 Å². The molecule has 0 aliphatic rings. The predicted octanol–water partition coefficient (Wildman–Crippen LogP) is 4.22. The van der Waals surface area contributed by atoms with Crippen LogP contribution in [0.15, 0.2) is 30.3 Å². The first-order valence-corrected chi connectivity index (χ1v) is 6.23. The van der Waals surface area contributed by atoms with Gasteiger partial charge in [-0.3, -0.25) is 0 Å². The van der Waals surface area contributed by atoms with Gasteiger partial charge in [0.1, 0.15) is 11.4 Å². The van der Waals surface area contributed by atoms with Crippen molar-refractivity contribution >= 4 is 12.2 Å². The van der Waals surface area contributed by atoms with Gasteiger partial charge in [0.05, 0.1) is 12.3 Å². The van der Waals surface area contributed by atoms with Crippen LogP contribution in [0.3, 0.4) is 0 Å². The van der Waals surface area contributed by atoms with Crippen LogP contribution < -0.4 is 4.74 Å². The van der Waals surface area contributed by atoms with Crippen LogP contribution in [0.2, 0.25) is 0 Å². The van der Waals surface area contributed by atoms with E-state index >= 15 is 0 Å². The first-order valence-electron chi connectivity index (χ1n) is 5.82. The molecule has 20 heavy (non-hydrogen) atoms. The fourth-order valence-corrected chi connectivity index (χ4v) is 1.88. The number of nitrogens with zero attached hydrogens (tertiary/aromatic N) is 1. The minimum atomic E-state index is -4.50. The van der Waals surface area contributed by atoms with Crippen LogP contribution >= 0.6 is 12.2 Å². The Morgan fingerprint density at radius 3 is 2.70 bits per heavy atom. The van der Waals surface area contributed by atoms with Crippen LogP contribution in [-0.2, 0) is 6.18 Å². The highest BCUT2D eigenvalue weighted by Gasteiger charge is 2.32. The molecule has 0 saturated carbocycles. The maximum atomic E-state index is 12.7. The summed E-state index contributed by atoms with van der Waals surface area (Å²) in [5, 5.41) is 0. The number of rotatable bonds is 3. The number of aromatic nitrogens is 2. The minimum absolute atomic E-state index is 0.155. The molecule has 7 heteroatoms. The van der Waals surface area contributed by atoms with Crippen molar-refractivity contribution in [2.24, 2.45) is 0 Å². The van der Waals surface area contributed by atoms with Crippen molar-refractivity contribution in [1.82, 2.24) is 9.97 Å². The predicted molar refractivity (Wildman–Crippen MR) is 71.0 cm³/mol. The SMILES string of the molecule is CCOc1cccc(-c2cc(C(F)(F)F)[nH]c(=S)n2)c1. The Labute approximate surface area is 118 Å². The van der Waals surface area contributed by atoms with E-state index in [4.69, 9.17) is 17.0 Å². The lowest BCUT2D eigenvalue weighted by molar-refractivity contribution is -0.141. The molecule has 0 fully saturated rings. The minimum Gasteiger partial charge on any atom is -0.494 e. The van der Waals surface area contributed by atoms with Crippen molar-refractivity contribution in [3.8, 4) is 17.0 Å². The van der Waals surface area contributed by atoms with Crippen LogP contribution in [0, 0.1) is 4.77 Å². The largest absolute Gasteiger partial charge is 0.494 e. The molecule has 2 aromatic rings. The summed E-state index contributed by atoms with van der Waals surface area (Å²) in [5.74, 6) is 0.569. The van der Waals surface area contributed by atoms with Gasteiger partial charge in [-0.15, -0.1) is 0 Å². The van der Waals surface area contributed by atoms with Gasteiger partial charge in [0.15, 0.2) is 4.77 Å². The van der Waals surface area contributed by atoms with Crippen molar-refractivity contribution < 1.29 is 17.9 Å². The van der Waals surface area contributed by atoms with E-state index in [-0.39, 0.29) is 10.5 Å². The third-order valence-electron chi connectivity index (χ3n) is 2.49. The molecule has 0 atom stereocenters. The normalized spacial score (nSPS) is 11.4. The number of alkyl halides is 3. The second kappa shape index (κ2) is 5.62. The lowest BCUT2D eigenvalue weighted by Crippen LogP contribution is -2.09. The monoisotopic (exact) mass is 300 g/mol. The fraction of sp³-hybridized carbons (Fsp3) is 0.231. The van der Waals surface area contributed by atoms with Crippen molar-refractivity contribution in [2.45, 2.75) is 13.1 Å². The molecular weight excluding hydrogens is 289 g/mol. The highest BCUT2D eigenvalue weighted by molar-refractivity contribution is 7.71. The molecule has 1 aromatic heterocycles. The molecular formula is C13H11F3N2OS. The second-order valence-corrected chi connectivity index (χ2v) is 4.33. The van der Waals surface area contributed by atoms with Crippen molar-refractivity contribution in [3.05, 3.63) is 40.8 Å². The molecule has 0 saturated heterocycles. The maximum absolute atomic E-state index is 12.7. The Hall–Kier alpha value is -1.89. The summed E-state index contributed by atoms with van der Waals surface area (Å²) in [6.45, 7) is 2.30. The van der Waals surface area contributed by atoms with Gasteiger partial charge >= 0.3 is 6.18 Å². The maximum Gasteiger partial charge on any atom is 0.431 e. The van der Waals surface area contributed by atoms with Crippen LogP contribution in [0.5, 0.6) is 5.75 Å². The Kier molecular flexibility index (Phi) is 4.08. The van der Waals surface area contributed by atoms with Crippen molar-refractivity contribution in [3.63, 3.8) is 0 Å². The highest BCUT2D eigenvalue weighted by atomic mass is 32.1.